The van der Waals surface area contributed by atoms with Crippen LogP contribution in [0.25, 0.3) is 11.5 Å². The summed E-state index contributed by atoms with van der Waals surface area (Å²) in [5, 5.41) is 11.0. The lowest BCUT2D eigenvalue weighted by molar-refractivity contribution is 0.415. The molecule has 2 aromatic carbocycles. The maximum absolute atomic E-state index is 13.3. The van der Waals surface area contributed by atoms with E-state index in [4.69, 9.17) is 9.15 Å². The van der Waals surface area contributed by atoms with E-state index in [0.717, 1.165) is 22.4 Å². The van der Waals surface area contributed by atoms with Crippen molar-refractivity contribution in [3.63, 3.8) is 0 Å². The van der Waals surface area contributed by atoms with Crippen molar-refractivity contribution in [2.24, 2.45) is 0 Å². The SMILES string of the molecule is COc1ccc(-c2nnc(NCc3cc(F)ccc3C)o2)cc1. The Balaban J connectivity index is 1.70. The molecule has 0 saturated heterocycles. The molecule has 0 bridgehead atoms. The van der Waals surface area contributed by atoms with Crippen LogP contribution in [0.4, 0.5) is 10.4 Å². The number of nitrogens with one attached hydrogen (secondary N) is 1. The number of halogens is 1. The number of methoxy groups -OCH3 is 1. The standard InChI is InChI=1S/C17H16FN3O2/c1-11-3-6-14(18)9-13(11)10-19-17-21-20-16(23-17)12-4-7-15(22-2)8-5-12/h3-9H,10H2,1-2H3,(H,19,21). The summed E-state index contributed by atoms with van der Waals surface area (Å²) in [6.45, 7) is 2.33. The van der Waals surface area contributed by atoms with Gasteiger partial charge in [0.25, 0.3) is 0 Å². The van der Waals surface area contributed by atoms with Crippen LogP contribution in [-0.2, 0) is 6.54 Å². The number of aryl methyl sites for hydroxylation is 1. The van der Waals surface area contributed by atoms with Crippen molar-refractivity contribution in [3.8, 4) is 17.2 Å². The Morgan fingerprint density at radius 3 is 2.65 bits per heavy atom. The van der Waals surface area contributed by atoms with Crippen molar-refractivity contribution in [2.45, 2.75) is 13.5 Å². The van der Waals surface area contributed by atoms with E-state index < -0.39 is 0 Å². The Morgan fingerprint density at radius 1 is 1.13 bits per heavy atom. The van der Waals surface area contributed by atoms with E-state index in [-0.39, 0.29) is 5.82 Å². The lowest BCUT2D eigenvalue weighted by atomic mass is 10.1. The van der Waals surface area contributed by atoms with Crippen molar-refractivity contribution in [2.75, 3.05) is 12.4 Å². The zero-order valence-electron chi connectivity index (χ0n) is 12.8. The first-order valence-corrected chi connectivity index (χ1v) is 7.12. The van der Waals surface area contributed by atoms with E-state index in [1.807, 2.05) is 31.2 Å². The Hall–Kier alpha value is -2.89. The van der Waals surface area contributed by atoms with Crippen molar-refractivity contribution in [1.29, 1.82) is 0 Å². The van der Waals surface area contributed by atoms with Crippen LogP contribution in [-0.4, -0.2) is 17.3 Å². The highest BCUT2D eigenvalue weighted by atomic mass is 19.1. The minimum atomic E-state index is -0.267. The number of nitrogens with zero attached hydrogens (tertiary/aromatic N) is 2. The van der Waals surface area contributed by atoms with Gasteiger partial charge in [-0.15, -0.1) is 5.10 Å². The molecule has 1 N–H and O–H groups in total. The third kappa shape index (κ3) is 3.48. The number of rotatable bonds is 5. The summed E-state index contributed by atoms with van der Waals surface area (Å²) in [4.78, 5) is 0. The fraction of sp³-hybridized carbons (Fsp3) is 0.176. The van der Waals surface area contributed by atoms with Gasteiger partial charge in [-0.1, -0.05) is 11.2 Å². The summed E-state index contributed by atoms with van der Waals surface area (Å²) in [5.74, 6) is 0.899. The molecule has 3 aromatic rings. The molecule has 0 aliphatic heterocycles. The fourth-order valence-corrected chi connectivity index (χ4v) is 2.15. The molecule has 0 fully saturated rings. The summed E-state index contributed by atoms with van der Waals surface area (Å²) in [6.07, 6.45) is 0. The molecule has 0 amide bonds. The van der Waals surface area contributed by atoms with Gasteiger partial charge >= 0.3 is 6.01 Å². The molecule has 1 aromatic heterocycles. The second-order valence-electron chi connectivity index (χ2n) is 5.07. The first-order chi connectivity index (χ1) is 11.2. The highest BCUT2D eigenvalue weighted by molar-refractivity contribution is 5.54. The van der Waals surface area contributed by atoms with Crippen LogP contribution in [0.3, 0.4) is 0 Å². The van der Waals surface area contributed by atoms with Gasteiger partial charge in [-0.25, -0.2) is 4.39 Å². The smallest absolute Gasteiger partial charge is 0.316 e. The topological polar surface area (TPSA) is 60.2 Å². The molecule has 0 spiro atoms. The third-order valence-electron chi connectivity index (χ3n) is 3.50. The maximum Gasteiger partial charge on any atom is 0.316 e. The summed E-state index contributed by atoms with van der Waals surface area (Å²) in [6, 6.07) is 12.3. The van der Waals surface area contributed by atoms with Crippen LogP contribution >= 0.6 is 0 Å². The van der Waals surface area contributed by atoms with Gasteiger partial charge in [0.15, 0.2) is 0 Å². The minimum Gasteiger partial charge on any atom is -0.497 e. The van der Waals surface area contributed by atoms with Crippen LogP contribution in [0.2, 0.25) is 0 Å². The van der Waals surface area contributed by atoms with E-state index >= 15 is 0 Å². The second-order valence-corrected chi connectivity index (χ2v) is 5.07. The molecule has 5 nitrogen and oxygen atoms in total. The van der Waals surface area contributed by atoms with Crippen LogP contribution in [0.5, 0.6) is 5.75 Å². The molecule has 0 atom stereocenters. The zero-order valence-corrected chi connectivity index (χ0v) is 12.8. The fourth-order valence-electron chi connectivity index (χ4n) is 2.15. The molecular formula is C17H16FN3O2. The molecular weight excluding hydrogens is 297 g/mol. The van der Waals surface area contributed by atoms with Gasteiger partial charge < -0.3 is 14.5 Å². The molecule has 118 valence electrons. The predicted octanol–water partition coefficient (Wildman–Crippen LogP) is 3.80. The van der Waals surface area contributed by atoms with Gasteiger partial charge in [-0.3, -0.25) is 0 Å². The van der Waals surface area contributed by atoms with E-state index in [0.29, 0.717) is 18.5 Å². The monoisotopic (exact) mass is 313 g/mol. The van der Waals surface area contributed by atoms with Crippen molar-refractivity contribution < 1.29 is 13.5 Å². The highest BCUT2D eigenvalue weighted by Crippen LogP contribution is 2.23. The van der Waals surface area contributed by atoms with Gasteiger partial charge in [0.2, 0.25) is 5.89 Å². The van der Waals surface area contributed by atoms with E-state index in [1.54, 1.807) is 13.2 Å². The summed E-state index contributed by atoms with van der Waals surface area (Å²) < 4.78 is 23.9. The van der Waals surface area contributed by atoms with E-state index in [1.165, 1.54) is 12.1 Å². The third-order valence-corrected chi connectivity index (χ3v) is 3.50. The summed E-state index contributed by atoms with van der Waals surface area (Å²) >= 11 is 0. The lowest BCUT2D eigenvalue weighted by Crippen LogP contribution is -2.02. The molecule has 1 heterocycles. The largest absolute Gasteiger partial charge is 0.497 e. The average Bonchev–Trinajstić information content (AvgIpc) is 3.05. The van der Waals surface area contributed by atoms with E-state index in [2.05, 4.69) is 15.5 Å². The Labute approximate surface area is 133 Å². The van der Waals surface area contributed by atoms with Crippen molar-refractivity contribution >= 4 is 6.01 Å². The highest BCUT2D eigenvalue weighted by Gasteiger charge is 2.09. The molecule has 0 saturated carbocycles. The molecule has 0 unspecified atom stereocenters. The minimum absolute atomic E-state index is 0.267. The Morgan fingerprint density at radius 2 is 1.91 bits per heavy atom. The quantitative estimate of drug-likeness (QED) is 0.776. The van der Waals surface area contributed by atoms with Crippen LogP contribution in [0, 0.1) is 12.7 Å². The second kappa shape index (κ2) is 6.48. The molecule has 0 aliphatic rings. The average molecular weight is 313 g/mol. The molecule has 0 radical (unpaired) electrons. The number of benzene rings is 2. The van der Waals surface area contributed by atoms with Gasteiger partial charge in [-0.2, -0.15) is 0 Å². The summed E-state index contributed by atoms with van der Waals surface area (Å²) in [5.41, 5.74) is 2.64. The number of anilines is 1. The van der Waals surface area contributed by atoms with E-state index in [9.17, 15) is 4.39 Å². The predicted molar refractivity (Wildman–Crippen MR) is 84.7 cm³/mol. The van der Waals surface area contributed by atoms with Gasteiger partial charge in [-0.05, 0) is 54.4 Å². The molecule has 23 heavy (non-hydrogen) atoms. The van der Waals surface area contributed by atoms with Gasteiger partial charge in [0, 0.05) is 12.1 Å². The first-order valence-electron chi connectivity index (χ1n) is 7.12. The Kier molecular flexibility index (Phi) is 4.23. The molecule has 0 aliphatic carbocycles. The number of ether oxygens (including phenoxy) is 1. The number of hydrogen-bond donors (Lipinski definition) is 1. The number of aromatic nitrogens is 2. The molecule has 3 rings (SSSR count). The van der Waals surface area contributed by atoms with Gasteiger partial charge in [0.1, 0.15) is 11.6 Å². The van der Waals surface area contributed by atoms with Crippen LogP contribution in [0.1, 0.15) is 11.1 Å². The Bertz CT molecular complexity index is 800. The zero-order chi connectivity index (χ0) is 16.2. The van der Waals surface area contributed by atoms with Crippen LogP contribution in [0.15, 0.2) is 46.9 Å². The van der Waals surface area contributed by atoms with Crippen molar-refractivity contribution in [1.82, 2.24) is 10.2 Å². The molecule has 6 heteroatoms. The first kappa shape index (κ1) is 15.0. The normalized spacial score (nSPS) is 10.6. The van der Waals surface area contributed by atoms with Gasteiger partial charge in [0.05, 0.1) is 7.11 Å². The van der Waals surface area contributed by atoms with Crippen molar-refractivity contribution in [3.05, 3.63) is 59.4 Å². The van der Waals surface area contributed by atoms with Crippen LogP contribution < -0.4 is 10.1 Å². The lowest BCUT2D eigenvalue weighted by Gasteiger charge is -2.05. The maximum atomic E-state index is 13.3. The number of hydrogen-bond acceptors (Lipinski definition) is 5. The summed E-state index contributed by atoms with van der Waals surface area (Å²) in [7, 11) is 1.61.